The normalized spacial score (nSPS) is 28.8. The second-order valence-corrected chi connectivity index (χ2v) is 6.89. The molecule has 108 valence electrons. The molecule has 0 bridgehead atoms. The maximum absolute atomic E-state index is 12.8. The van der Waals surface area contributed by atoms with Crippen LogP contribution in [0.2, 0.25) is 0 Å². The molecule has 19 heavy (non-hydrogen) atoms. The average molecular weight is 266 g/mol. The van der Waals surface area contributed by atoms with Gasteiger partial charge in [-0.25, -0.2) is 0 Å². The Morgan fingerprint density at radius 3 is 2.32 bits per heavy atom. The van der Waals surface area contributed by atoms with Crippen LogP contribution in [0.25, 0.3) is 0 Å². The van der Waals surface area contributed by atoms with Gasteiger partial charge in [0.05, 0.1) is 0 Å². The Labute approximate surface area is 115 Å². The summed E-state index contributed by atoms with van der Waals surface area (Å²) in [5.74, 6) is 0.635. The Morgan fingerprint density at radius 2 is 1.89 bits per heavy atom. The van der Waals surface area contributed by atoms with Crippen LogP contribution >= 0.6 is 0 Å². The van der Waals surface area contributed by atoms with Gasteiger partial charge in [-0.3, -0.25) is 9.59 Å². The van der Waals surface area contributed by atoms with E-state index in [1.54, 1.807) is 0 Å². The molecule has 0 spiro atoms. The Morgan fingerprint density at radius 1 is 1.32 bits per heavy atom. The first-order valence-electron chi connectivity index (χ1n) is 7.43. The Kier molecular flexibility index (Phi) is 3.63. The van der Waals surface area contributed by atoms with Gasteiger partial charge in [-0.2, -0.15) is 0 Å². The van der Waals surface area contributed by atoms with Crippen molar-refractivity contribution >= 4 is 11.8 Å². The van der Waals surface area contributed by atoms with Gasteiger partial charge < -0.3 is 10.2 Å². The molecule has 2 amide bonds. The standard InChI is InChI=1S/C15H26N2O2/c1-6-15(4,5)17-12(9(2)3)13(18)16-11(14(17)19)10-7-8-10/h9-12H,6-8H2,1-5H3,(H,16,18). The van der Waals surface area contributed by atoms with Crippen molar-refractivity contribution in [3.63, 3.8) is 0 Å². The number of hydrogen-bond donors (Lipinski definition) is 1. The fourth-order valence-corrected chi connectivity index (χ4v) is 2.90. The molecule has 1 saturated heterocycles. The molecular formula is C15H26N2O2. The maximum Gasteiger partial charge on any atom is 0.246 e. The van der Waals surface area contributed by atoms with Gasteiger partial charge in [-0.05, 0) is 44.9 Å². The summed E-state index contributed by atoms with van der Waals surface area (Å²) in [5, 5.41) is 2.96. The van der Waals surface area contributed by atoms with E-state index < -0.39 is 0 Å². The third-order valence-corrected chi connectivity index (χ3v) is 4.59. The van der Waals surface area contributed by atoms with Crippen LogP contribution in [0.1, 0.15) is 53.9 Å². The van der Waals surface area contributed by atoms with Crippen LogP contribution in [0.3, 0.4) is 0 Å². The van der Waals surface area contributed by atoms with Crippen LogP contribution in [0.5, 0.6) is 0 Å². The second-order valence-electron chi connectivity index (χ2n) is 6.89. The Hall–Kier alpha value is -1.06. The highest BCUT2D eigenvalue weighted by molar-refractivity contribution is 5.98. The minimum atomic E-state index is -0.336. The number of nitrogens with one attached hydrogen (secondary N) is 1. The van der Waals surface area contributed by atoms with Gasteiger partial charge in [0.15, 0.2) is 0 Å². The summed E-state index contributed by atoms with van der Waals surface area (Å²) in [6.45, 7) is 10.2. The molecule has 4 heteroatoms. The highest BCUT2D eigenvalue weighted by Crippen LogP contribution is 2.38. The lowest BCUT2D eigenvalue weighted by atomic mass is 9.88. The Bertz CT molecular complexity index is 386. The number of carbonyl (C=O) groups excluding carboxylic acids is 2. The second kappa shape index (κ2) is 4.80. The zero-order chi connectivity index (χ0) is 14.4. The van der Waals surface area contributed by atoms with Crippen molar-refractivity contribution in [3.05, 3.63) is 0 Å². The van der Waals surface area contributed by atoms with Crippen molar-refractivity contribution in [2.75, 3.05) is 0 Å². The summed E-state index contributed by atoms with van der Waals surface area (Å²) in [5.41, 5.74) is -0.267. The largest absolute Gasteiger partial charge is 0.342 e. The van der Waals surface area contributed by atoms with Crippen molar-refractivity contribution in [1.82, 2.24) is 10.2 Å². The van der Waals surface area contributed by atoms with Gasteiger partial charge in [0.1, 0.15) is 12.1 Å². The molecule has 2 aliphatic rings. The van der Waals surface area contributed by atoms with E-state index in [2.05, 4.69) is 26.1 Å². The lowest BCUT2D eigenvalue weighted by Gasteiger charge is -2.49. The van der Waals surface area contributed by atoms with E-state index in [4.69, 9.17) is 0 Å². The van der Waals surface area contributed by atoms with Gasteiger partial charge in [0, 0.05) is 5.54 Å². The van der Waals surface area contributed by atoms with Crippen LogP contribution in [-0.2, 0) is 9.59 Å². The number of rotatable bonds is 4. The summed E-state index contributed by atoms with van der Waals surface area (Å²) < 4.78 is 0. The van der Waals surface area contributed by atoms with Gasteiger partial charge in [-0.1, -0.05) is 20.8 Å². The molecule has 2 atom stereocenters. The molecule has 0 aromatic rings. The van der Waals surface area contributed by atoms with E-state index >= 15 is 0 Å². The minimum Gasteiger partial charge on any atom is -0.342 e. The van der Waals surface area contributed by atoms with E-state index in [-0.39, 0.29) is 35.4 Å². The molecule has 2 unspecified atom stereocenters. The first-order chi connectivity index (χ1) is 8.79. The molecule has 1 aliphatic heterocycles. The summed E-state index contributed by atoms with van der Waals surface area (Å²) in [4.78, 5) is 27.0. The van der Waals surface area contributed by atoms with Crippen molar-refractivity contribution < 1.29 is 9.59 Å². The van der Waals surface area contributed by atoms with Crippen LogP contribution in [0, 0.1) is 11.8 Å². The van der Waals surface area contributed by atoms with Gasteiger partial charge >= 0.3 is 0 Å². The van der Waals surface area contributed by atoms with E-state index in [1.807, 2.05) is 18.7 Å². The number of carbonyl (C=O) groups is 2. The van der Waals surface area contributed by atoms with E-state index in [0.717, 1.165) is 19.3 Å². The van der Waals surface area contributed by atoms with Crippen molar-refractivity contribution in [2.24, 2.45) is 11.8 Å². The van der Waals surface area contributed by atoms with Gasteiger partial charge in [0.25, 0.3) is 0 Å². The van der Waals surface area contributed by atoms with Crippen LogP contribution in [0.4, 0.5) is 0 Å². The summed E-state index contributed by atoms with van der Waals surface area (Å²) in [6, 6.07) is -0.620. The fraction of sp³-hybridized carbons (Fsp3) is 0.867. The topological polar surface area (TPSA) is 49.4 Å². The fourth-order valence-electron chi connectivity index (χ4n) is 2.90. The quantitative estimate of drug-likeness (QED) is 0.845. The summed E-state index contributed by atoms with van der Waals surface area (Å²) in [6.07, 6.45) is 2.97. The summed E-state index contributed by atoms with van der Waals surface area (Å²) in [7, 11) is 0. The first kappa shape index (κ1) is 14.4. The monoisotopic (exact) mass is 266 g/mol. The molecule has 1 heterocycles. The Balaban J connectivity index is 2.34. The predicted molar refractivity (Wildman–Crippen MR) is 74.5 cm³/mol. The molecule has 1 N–H and O–H groups in total. The smallest absolute Gasteiger partial charge is 0.246 e. The lowest BCUT2D eigenvalue weighted by Crippen LogP contribution is -2.70. The number of piperazine rings is 1. The van der Waals surface area contributed by atoms with Crippen molar-refractivity contribution in [2.45, 2.75) is 71.5 Å². The van der Waals surface area contributed by atoms with Crippen LogP contribution in [-0.4, -0.2) is 34.3 Å². The van der Waals surface area contributed by atoms with Crippen LogP contribution < -0.4 is 5.32 Å². The molecule has 0 aromatic heterocycles. The van der Waals surface area contributed by atoms with E-state index in [9.17, 15) is 9.59 Å². The molecule has 0 radical (unpaired) electrons. The highest BCUT2D eigenvalue weighted by Gasteiger charge is 2.51. The number of hydrogen-bond acceptors (Lipinski definition) is 2. The zero-order valence-electron chi connectivity index (χ0n) is 12.7. The lowest BCUT2D eigenvalue weighted by molar-refractivity contribution is -0.159. The minimum absolute atomic E-state index is 0.0213. The first-order valence-corrected chi connectivity index (χ1v) is 7.43. The van der Waals surface area contributed by atoms with E-state index in [1.165, 1.54) is 0 Å². The van der Waals surface area contributed by atoms with Gasteiger partial charge in [0.2, 0.25) is 11.8 Å². The third-order valence-electron chi connectivity index (χ3n) is 4.59. The molecule has 0 aromatic carbocycles. The molecule has 2 rings (SSSR count). The highest BCUT2D eigenvalue weighted by atomic mass is 16.2. The molecule has 1 aliphatic carbocycles. The van der Waals surface area contributed by atoms with Crippen molar-refractivity contribution in [3.8, 4) is 0 Å². The van der Waals surface area contributed by atoms with E-state index in [0.29, 0.717) is 5.92 Å². The zero-order valence-corrected chi connectivity index (χ0v) is 12.7. The van der Waals surface area contributed by atoms with Crippen LogP contribution in [0.15, 0.2) is 0 Å². The molecular weight excluding hydrogens is 240 g/mol. The van der Waals surface area contributed by atoms with Crippen molar-refractivity contribution in [1.29, 1.82) is 0 Å². The predicted octanol–water partition coefficient (Wildman–Crippen LogP) is 1.94. The number of amides is 2. The SMILES string of the molecule is CCC(C)(C)N1C(=O)C(C2CC2)NC(=O)C1C(C)C. The maximum atomic E-state index is 12.8. The molecule has 2 fully saturated rings. The number of nitrogens with zero attached hydrogens (tertiary/aromatic N) is 1. The van der Waals surface area contributed by atoms with Gasteiger partial charge in [-0.15, -0.1) is 0 Å². The average Bonchev–Trinajstić information content (AvgIpc) is 3.14. The summed E-state index contributed by atoms with van der Waals surface area (Å²) >= 11 is 0. The molecule has 4 nitrogen and oxygen atoms in total. The third kappa shape index (κ3) is 2.49. The molecule has 1 saturated carbocycles.